The number of halogens is 1. The van der Waals surface area contributed by atoms with Crippen LogP contribution in [0.2, 0.25) is 0 Å². The number of nitrogens with one attached hydrogen (secondary N) is 1. The molecular weight excluding hydrogens is 294 g/mol. The molecule has 1 aromatic carbocycles. The van der Waals surface area contributed by atoms with Crippen molar-refractivity contribution in [2.75, 3.05) is 20.7 Å². The van der Waals surface area contributed by atoms with Crippen LogP contribution in [0.15, 0.2) is 11.6 Å². The van der Waals surface area contributed by atoms with Crippen LogP contribution in [0.5, 0.6) is 5.75 Å². The van der Waals surface area contributed by atoms with E-state index in [-0.39, 0.29) is 12.4 Å². The molecule has 0 aromatic heterocycles. The molecule has 0 spiro atoms. The maximum atomic E-state index is 5.81. The first-order valence-electron chi connectivity index (χ1n) is 8.24. The summed E-state index contributed by atoms with van der Waals surface area (Å²) in [5, 5.41) is 3.32. The zero-order valence-electron chi connectivity index (χ0n) is 14.2. The summed E-state index contributed by atoms with van der Waals surface area (Å²) >= 11 is 0. The lowest BCUT2D eigenvalue weighted by Gasteiger charge is -2.21. The molecule has 0 bridgehead atoms. The topological polar surface area (TPSA) is 21.3 Å². The smallest absolute Gasteiger partial charge is 0.126 e. The molecule has 1 atom stereocenters. The van der Waals surface area contributed by atoms with Crippen LogP contribution in [0.1, 0.15) is 60.3 Å². The molecule has 2 aliphatic carbocycles. The number of hydrogen-bond donors (Lipinski definition) is 1. The van der Waals surface area contributed by atoms with Crippen molar-refractivity contribution in [2.24, 2.45) is 0 Å². The van der Waals surface area contributed by atoms with Gasteiger partial charge in [-0.3, -0.25) is 0 Å². The summed E-state index contributed by atoms with van der Waals surface area (Å²) in [4.78, 5) is 0. The third-order valence-electron chi connectivity index (χ3n) is 5.17. The molecule has 0 amide bonds. The lowest BCUT2D eigenvalue weighted by molar-refractivity contribution is 0.403. The highest BCUT2D eigenvalue weighted by Gasteiger charge is 2.36. The number of hydrogen-bond acceptors (Lipinski definition) is 2. The van der Waals surface area contributed by atoms with Crippen LogP contribution in [0, 0.1) is 13.8 Å². The first kappa shape index (κ1) is 17.4. The highest BCUT2D eigenvalue weighted by molar-refractivity contribution is 5.85. The Morgan fingerprint density at radius 1 is 1.18 bits per heavy atom. The van der Waals surface area contributed by atoms with Crippen molar-refractivity contribution >= 4 is 18.0 Å². The van der Waals surface area contributed by atoms with Crippen LogP contribution in [0.25, 0.3) is 5.57 Å². The van der Waals surface area contributed by atoms with Crippen molar-refractivity contribution in [3.05, 3.63) is 33.9 Å². The first-order valence-corrected chi connectivity index (χ1v) is 8.24. The molecule has 1 N–H and O–H groups in total. The Labute approximate surface area is 140 Å². The van der Waals surface area contributed by atoms with Crippen LogP contribution >= 0.6 is 12.4 Å². The number of benzene rings is 1. The van der Waals surface area contributed by atoms with Crippen LogP contribution in [0.3, 0.4) is 0 Å². The Bertz CT molecular complexity index is 592. The maximum Gasteiger partial charge on any atom is 0.126 e. The molecule has 0 saturated carbocycles. The molecule has 3 rings (SSSR count). The number of ether oxygens (including phenoxy) is 1. The van der Waals surface area contributed by atoms with Crippen molar-refractivity contribution in [3.63, 3.8) is 0 Å². The molecular formula is C19H28ClNO. The summed E-state index contributed by atoms with van der Waals surface area (Å²) in [6.07, 6.45) is 6.41. The highest BCUT2D eigenvalue weighted by Crippen LogP contribution is 2.54. The van der Waals surface area contributed by atoms with Gasteiger partial charge in [0.15, 0.2) is 0 Å². The lowest BCUT2D eigenvalue weighted by atomic mass is 9.86. The van der Waals surface area contributed by atoms with Crippen molar-refractivity contribution < 1.29 is 4.74 Å². The summed E-state index contributed by atoms with van der Waals surface area (Å²) < 4.78 is 5.81. The molecule has 2 nitrogen and oxygen atoms in total. The summed E-state index contributed by atoms with van der Waals surface area (Å²) in [5.41, 5.74) is 9.07. The summed E-state index contributed by atoms with van der Waals surface area (Å²) in [6.45, 7) is 5.51. The van der Waals surface area contributed by atoms with E-state index in [1.807, 2.05) is 14.2 Å². The Hall–Kier alpha value is -0.990. The van der Waals surface area contributed by atoms with E-state index in [1.165, 1.54) is 54.4 Å². The predicted molar refractivity (Wildman–Crippen MR) is 96.4 cm³/mol. The minimum absolute atomic E-state index is 0. The van der Waals surface area contributed by atoms with Gasteiger partial charge in [0.25, 0.3) is 0 Å². The van der Waals surface area contributed by atoms with Gasteiger partial charge < -0.3 is 10.1 Å². The number of methoxy groups -OCH3 is 1. The first-order chi connectivity index (χ1) is 10.2. The largest absolute Gasteiger partial charge is 0.496 e. The minimum Gasteiger partial charge on any atom is -0.496 e. The second kappa shape index (κ2) is 7.06. The van der Waals surface area contributed by atoms with Gasteiger partial charge in [-0.1, -0.05) is 11.6 Å². The van der Waals surface area contributed by atoms with Crippen LogP contribution in [-0.2, 0) is 0 Å². The molecule has 2 aliphatic rings. The average molecular weight is 322 g/mol. The predicted octanol–water partition coefficient (Wildman–Crippen LogP) is 4.77. The fraction of sp³-hybridized carbons (Fsp3) is 0.579. The molecule has 22 heavy (non-hydrogen) atoms. The van der Waals surface area contributed by atoms with Gasteiger partial charge in [-0.05, 0) is 81.8 Å². The number of rotatable bonds is 4. The molecule has 1 unspecified atom stereocenters. The van der Waals surface area contributed by atoms with E-state index in [0.29, 0.717) is 5.92 Å². The standard InChI is InChI=1S/C19H27NO.ClH/c1-12-11-13(2)19(21-4)18-16(9-10-20-3)14-7-5-6-8-15(14)17(12)18;/h11,16,20H,5-10H2,1-4H3;1H. The quantitative estimate of drug-likeness (QED) is 0.862. The monoisotopic (exact) mass is 321 g/mol. The summed E-state index contributed by atoms with van der Waals surface area (Å²) in [7, 11) is 3.87. The van der Waals surface area contributed by atoms with Crippen molar-refractivity contribution in [1.29, 1.82) is 0 Å². The lowest BCUT2D eigenvalue weighted by Crippen LogP contribution is -2.14. The highest BCUT2D eigenvalue weighted by atomic mass is 35.5. The maximum absolute atomic E-state index is 5.81. The number of fused-ring (bicyclic) bond motifs is 2. The average Bonchev–Trinajstić information content (AvgIpc) is 2.80. The van der Waals surface area contributed by atoms with Crippen LogP contribution in [-0.4, -0.2) is 20.7 Å². The Balaban J connectivity index is 0.00000176. The molecule has 122 valence electrons. The van der Waals surface area contributed by atoms with E-state index in [9.17, 15) is 0 Å². The van der Waals surface area contributed by atoms with Gasteiger partial charge in [-0.25, -0.2) is 0 Å². The SMILES string of the molecule is CNCCC1C2=C(CCCC2)c2c(C)cc(C)c(OC)c21.Cl. The minimum atomic E-state index is 0. The molecule has 0 aliphatic heterocycles. The molecule has 0 radical (unpaired) electrons. The van der Waals surface area contributed by atoms with Gasteiger partial charge in [-0.15, -0.1) is 12.4 Å². The van der Waals surface area contributed by atoms with Crippen LogP contribution in [0.4, 0.5) is 0 Å². The molecule has 0 saturated heterocycles. The van der Waals surface area contributed by atoms with E-state index < -0.39 is 0 Å². The van der Waals surface area contributed by atoms with Crippen molar-refractivity contribution in [3.8, 4) is 5.75 Å². The number of aryl methyl sites for hydroxylation is 2. The van der Waals surface area contributed by atoms with Gasteiger partial charge in [-0.2, -0.15) is 0 Å². The van der Waals surface area contributed by atoms with E-state index >= 15 is 0 Å². The van der Waals surface area contributed by atoms with E-state index in [0.717, 1.165) is 12.3 Å². The Morgan fingerprint density at radius 2 is 1.91 bits per heavy atom. The normalized spacial score (nSPS) is 19.5. The molecule has 3 heteroatoms. The third kappa shape index (κ3) is 2.68. The number of allylic oxidation sites excluding steroid dienone is 2. The summed E-state index contributed by atoms with van der Waals surface area (Å²) in [6, 6.07) is 2.30. The second-order valence-corrected chi connectivity index (χ2v) is 6.49. The Kier molecular flexibility index (Phi) is 5.57. The van der Waals surface area contributed by atoms with Crippen LogP contribution < -0.4 is 10.1 Å². The molecule has 0 fully saturated rings. The van der Waals surface area contributed by atoms with Crippen molar-refractivity contribution in [2.45, 2.75) is 51.9 Å². The molecule has 1 aromatic rings. The van der Waals surface area contributed by atoms with Gasteiger partial charge in [0, 0.05) is 11.5 Å². The van der Waals surface area contributed by atoms with E-state index in [2.05, 4.69) is 25.2 Å². The third-order valence-corrected chi connectivity index (χ3v) is 5.17. The van der Waals surface area contributed by atoms with Gasteiger partial charge in [0.05, 0.1) is 7.11 Å². The van der Waals surface area contributed by atoms with E-state index in [1.54, 1.807) is 11.1 Å². The fourth-order valence-corrected chi connectivity index (χ4v) is 4.39. The zero-order valence-corrected chi connectivity index (χ0v) is 15.0. The Morgan fingerprint density at radius 3 is 2.59 bits per heavy atom. The second-order valence-electron chi connectivity index (χ2n) is 6.49. The summed E-state index contributed by atoms with van der Waals surface area (Å²) in [5.74, 6) is 1.70. The van der Waals surface area contributed by atoms with Gasteiger partial charge in [0.2, 0.25) is 0 Å². The molecule has 0 heterocycles. The van der Waals surface area contributed by atoms with Gasteiger partial charge >= 0.3 is 0 Å². The fourth-order valence-electron chi connectivity index (χ4n) is 4.39. The van der Waals surface area contributed by atoms with Crippen molar-refractivity contribution in [1.82, 2.24) is 5.32 Å². The van der Waals surface area contributed by atoms with Gasteiger partial charge in [0.1, 0.15) is 5.75 Å². The zero-order chi connectivity index (χ0) is 15.0. The van der Waals surface area contributed by atoms with E-state index in [4.69, 9.17) is 4.74 Å².